The summed E-state index contributed by atoms with van der Waals surface area (Å²) in [6, 6.07) is 7.00. The molecule has 1 fully saturated rings. The van der Waals surface area contributed by atoms with E-state index in [9.17, 15) is 13.5 Å². The zero-order chi connectivity index (χ0) is 15.5. The lowest BCUT2D eigenvalue weighted by Gasteiger charge is -2.34. The molecule has 1 aromatic carbocycles. The van der Waals surface area contributed by atoms with E-state index in [1.807, 2.05) is 19.1 Å². The number of aliphatic hydroxyl groups is 1. The Morgan fingerprint density at radius 2 is 1.86 bits per heavy atom. The van der Waals surface area contributed by atoms with Crippen molar-refractivity contribution >= 4 is 15.7 Å². The average Bonchev–Trinajstić information content (AvgIpc) is 2.47. The maximum atomic E-state index is 11.9. The molecule has 0 spiro atoms. The van der Waals surface area contributed by atoms with Crippen LogP contribution in [0.25, 0.3) is 0 Å². The van der Waals surface area contributed by atoms with Crippen molar-refractivity contribution in [1.82, 2.24) is 4.72 Å². The van der Waals surface area contributed by atoms with E-state index in [2.05, 4.69) is 9.62 Å². The fraction of sp³-hybridized carbons (Fsp3) is 0.600. The highest BCUT2D eigenvalue weighted by molar-refractivity contribution is 7.89. The van der Waals surface area contributed by atoms with Gasteiger partial charge in [-0.15, -0.1) is 0 Å². The second-order valence-corrected chi connectivity index (χ2v) is 7.33. The zero-order valence-electron chi connectivity index (χ0n) is 12.6. The summed E-state index contributed by atoms with van der Waals surface area (Å²) in [5.74, 6) is 0.370. The Morgan fingerprint density at radius 3 is 2.33 bits per heavy atom. The van der Waals surface area contributed by atoms with E-state index in [4.69, 9.17) is 0 Å². The normalized spacial score (nSPS) is 18.7. The predicted octanol–water partition coefficient (Wildman–Crippen LogP) is 1.58. The predicted molar refractivity (Wildman–Crippen MR) is 83.9 cm³/mol. The minimum absolute atomic E-state index is 0.250. The van der Waals surface area contributed by atoms with E-state index < -0.39 is 10.0 Å². The summed E-state index contributed by atoms with van der Waals surface area (Å²) in [7, 11) is -3.38. The summed E-state index contributed by atoms with van der Waals surface area (Å²) in [4.78, 5) is 2.54. The van der Waals surface area contributed by atoms with E-state index >= 15 is 0 Å². The molecule has 1 heterocycles. The van der Waals surface area contributed by atoms with Crippen molar-refractivity contribution in [2.45, 2.75) is 37.7 Å². The number of anilines is 1. The third kappa shape index (κ3) is 3.96. The van der Waals surface area contributed by atoms with Gasteiger partial charge < -0.3 is 10.0 Å². The fourth-order valence-corrected chi connectivity index (χ4v) is 3.79. The zero-order valence-corrected chi connectivity index (χ0v) is 13.4. The molecule has 2 rings (SSSR count). The first-order valence-electron chi connectivity index (χ1n) is 7.47. The number of aliphatic hydroxyl groups excluding tert-OH is 1. The molecule has 1 aliphatic rings. The Morgan fingerprint density at radius 1 is 1.29 bits per heavy atom. The molecule has 21 heavy (non-hydrogen) atoms. The van der Waals surface area contributed by atoms with Crippen LogP contribution in [0.1, 0.15) is 26.7 Å². The molecule has 0 radical (unpaired) electrons. The monoisotopic (exact) mass is 312 g/mol. The van der Waals surface area contributed by atoms with Crippen LogP contribution in [0, 0.1) is 5.92 Å². The SMILES string of the molecule is CCNS(=O)(=O)c1ccc(N2CCC(C(C)O)CC2)cc1. The molecule has 1 saturated heterocycles. The van der Waals surface area contributed by atoms with Crippen LogP contribution in [0.3, 0.4) is 0 Å². The van der Waals surface area contributed by atoms with Crippen molar-refractivity contribution in [2.75, 3.05) is 24.5 Å². The Hall–Kier alpha value is -1.11. The molecule has 118 valence electrons. The van der Waals surface area contributed by atoms with Crippen LogP contribution in [0.15, 0.2) is 29.2 Å². The number of hydrogen-bond acceptors (Lipinski definition) is 4. The van der Waals surface area contributed by atoms with Crippen molar-refractivity contribution in [3.05, 3.63) is 24.3 Å². The van der Waals surface area contributed by atoms with Gasteiger partial charge in [-0.1, -0.05) is 6.92 Å². The van der Waals surface area contributed by atoms with Gasteiger partial charge in [0.2, 0.25) is 10.0 Å². The number of sulfonamides is 1. The summed E-state index contributed by atoms with van der Waals surface area (Å²) in [5, 5.41) is 9.62. The third-order valence-corrected chi connectivity index (χ3v) is 5.63. The largest absolute Gasteiger partial charge is 0.393 e. The summed E-state index contributed by atoms with van der Waals surface area (Å²) < 4.78 is 26.3. The summed E-state index contributed by atoms with van der Waals surface area (Å²) in [6.07, 6.45) is 1.68. The van der Waals surface area contributed by atoms with E-state index in [-0.39, 0.29) is 6.10 Å². The molecule has 1 aliphatic heterocycles. The molecule has 0 amide bonds. The quantitative estimate of drug-likeness (QED) is 0.866. The van der Waals surface area contributed by atoms with Gasteiger partial charge >= 0.3 is 0 Å². The molecule has 0 aliphatic carbocycles. The van der Waals surface area contributed by atoms with Gasteiger partial charge in [0.1, 0.15) is 0 Å². The van der Waals surface area contributed by atoms with Gasteiger partial charge in [0.05, 0.1) is 11.0 Å². The van der Waals surface area contributed by atoms with Crippen LogP contribution in [-0.4, -0.2) is 39.3 Å². The maximum absolute atomic E-state index is 11.9. The second-order valence-electron chi connectivity index (χ2n) is 5.56. The first-order valence-corrected chi connectivity index (χ1v) is 8.95. The number of nitrogens with zero attached hydrogens (tertiary/aromatic N) is 1. The molecule has 1 unspecified atom stereocenters. The molecule has 0 aromatic heterocycles. The van der Waals surface area contributed by atoms with Gasteiger partial charge in [-0.05, 0) is 49.9 Å². The van der Waals surface area contributed by atoms with Crippen molar-refractivity contribution in [3.8, 4) is 0 Å². The highest BCUT2D eigenvalue weighted by Gasteiger charge is 2.23. The summed E-state index contributed by atoms with van der Waals surface area (Å²) in [6.45, 7) is 5.79. The third-order valence-electron chi connectivity index (χ3n) is 4.07. The van der Waals surface area contributed by atoms with E-state index in [1.165, 1.54) is 0 Å². The van der Waals surface area contributed by atoms with E-state index in [1.54, 1.807) is 19.1 Å². The van der Waals surface area contributed by atoms with Crippen molar-refractivity contribution in [1.29, 1.82) is 0 Å². The van der Waals surface area contributed by atoms with Crippen LogP contribution < -0.4 is 9.62 Å². The van der Waals surface area contributed by atoms with Gasteiger partial charge in [0.15, 0.2) is 0 Å². The molecule has 0 saturated carbocycles. The summed E-state index contributed by atoms with van der Waals surface area (Å²) >= 11 is 0. The fourth-order valence-electron chi connectivity index (χ4n) is 2.75. The van der Waals surface area contributed by atoms with Gasteiger partial charge in [0, 0.05) is 25.3 Å². The number of rotatable bonds is 5. The van der Waals surface area contributed by atoms with Gasteiger partial charge in [-0.25, -0.2) is 13.1 Å². The average molecular weight is 312 g/mol. The van der Waals surface area contributed by atoms with Gasteiger partial charge in [-0.3, -0.25) is 0 Å². The van der Waals surface area contributed by atoms with Crippen molar-refractivity contribution in [2.24, 2.45) is 5.92 Å². The molecule has 5 nitrogen and oxygen atoms in total. The Bertz CT molecular complexity index is 547. The summed E-state index contributed by atoms with van der Waals surface area (Å²) in [5.41, 5.74) is 1.04. The molecule has 2 N–H and O–H groups in total. The van der Waals surface area contributed by atoms with E-state index in [0.717, 1.165) is 31.6 Å². The molecule has 0 bridgehead atoms. The topological polar surface area (TPSA) is 69.6 Å². The second kappa shape index (κ2) is 6.77. The van der Waals surface area contributed by atoms with E-state index in [0.29, 0.717) is 17.4 Å². The van der Waals surface area contributed by atoms with Gasteiger partial charge in [-0.2, -0.15) is 0 Å². The molecular weight excluding hydrogens is 288 g/mol. The number of nitrogens with one attached hydrogen (secondary N) is 1. The Balaban J connectivity index is 2.04. The lowest BCUT2D eigenvalue weighted by molar-refractivity contribution is 0.110. The van der Waals surface area contributed by atoms with Gasteiger partial charge in [0.25, 0.3) is 0 Å². The smallest absolute Gasteiger partial charge is 0.240 e. The standard InChI is InChI=1S/C15H24N2O3S/c1-3-16-21(19,20)15-6-4-14(5-7-15)17-10-8-13(9-11-17)12(2)18/h4-7,12-13,16,18H,3,8-11H2,1-2H3. The number of benzene rings is 1. The minimum Gasteiger partial charge on any atom is -0.393 e. The Labute approximate surface area is 127 Å². The number of piperidine rings is 1. The van der Waals surface area contributed by atoms with Crippen LogP contribution in [0.2, 0.25) is 0 Å². The van der Waals surface area contributed by atoms with Crippen LogP contribution in [-0.2, 0) is 10.0 Å². The first kappa shape index (κ1) is 16.3. The highest BCUT2D eigenvalue weighted by Crippen LogP contribution is 2.26. The minimum atomic E-state index is -3.38. The molecular formula is C15H24N2O3S. The maximum Gasteiger partial charge on any atom is 0.240 e. The van der Waals surface area contributed by atoms with Crippen LogP contribution in [0.5, 0.6) is 0 Å². The molecule has 1 atom stereocenters. The lowest BCUT2D eigenvalue weighted by Crippen LogP contribution is -2.37. The van der Waals surface area contributed by atoms with Crippen LogP contribution in [0.4, 0.5) is 5.69 Å². The molecule has 6 heteroatoms. The highest BCUT2D eigenvalue weighted by atomic mass is 32.2. The number of hydrogen-bond donors (Lipinski definition) is 2. The molecule has 1 aromatic rings. The van der Waals surface area contributed by atoms with Crippen molar-refractivity contribution < 1.29 is 13.5 Å². The Kier molecular flexibility index (Phi) is 5.24. The lowest BCUT2D eigenvalue weighted by atomic mass is 9.92. The van der Waals surface area contributed by atoms with Crippen molar-refractivity contribution in [3.63, 3.8) is 0 Å². The first-order chi connectivity index (χ1) is 9.94. The van der Waals surface area contributed by atoms with Crippen LogP contribution >= 0.6 is 0 Å².